The van der Waals surface area contributed by atoms with E-state index in [-0.39, 0.29) is 49.1 Å². The molecule has 58 heavy (non-hydrogen) atoms. The molecule has 2 aromatic heterocycles. The Balaban J connectivity index is 0.818. The molecule has 13 nitrogen and oxygen atoms in total. The Morgan fingerprint density at radius 1 is 1.05 bits per heavy atom. The highest BCUT2D eigenvalue weighted by Crippen LogP contribution is 2.45. The molecule has 5 aliphatic rings. The second kappa shape index (κ2) is 15.8. The molecule has 5 aliphatic heterocycles. The number of halogens is 2. The number of nitrogens with zero attached hydrogens (tertiary/aromatic N) is 5. The summed E-state index contributed by atoms with van der Waals surface area (Å²) in [5.41, 5.74) is 6.18. The van der Waals surface area contributed by atoms with Gasteiger partial charge in [-0.1, -0.05) is 24.3 Å². The van der Waals surface area contributed by atoms with Crippen molar-refractivity contribution in [1.29, 1.82) is 0 Å². The number of hydrogen-bond acceptors (Lipinski definition) is 10. The Morgan fingerprint density at radius 2 is 1.88 bits per heavy atom. The number of alkyl halides is 2. The van der Waals surface area contributed by atoms with E-state index in [1.54, 1.807) is 13.2 Å². The number of anilines is 2. The van der Waals surface area contributed by atoms with Crippen LogP contribution in [0.1, 0.15) is 66.0 Å². The van der Waals surface area contributed by atoms with E-state index in [9.17, 15) is 23.2 Å². The van der Waals surface area contributed by atoms with E-state index < -0.39 is 24.3 Å². The molecule has 2 aromatic carbocycles. The van der Waals surface area contributed by atoms with Crippen LogP contribution in [-0.4, -0.2) is 122 Å². The third kappa shape index (κ3) is 7.34. The van der Waals surface area contributed by atoms with Gasteiger partial charge in [0.05, 0.1) is 25.7 Å². The number of H-pyrrole nitrogens is 1. The van der Waals surface area contributed by atoms with Crippen molar-refractivity contribution in [3.8, 4) is 11.6 Å². The number of imide groups is 1. The molecule has 1 unspecified atom stereocenters. The summed E-state index contributed by atoms with van der Waals surface area (Å²) in [7, 11) is 1.67. The number of carbonyl (C=O) groups is 3. The zero-order valence-corrected chi connectivity index (χ0v) is 32.9. The Morgan fingerprint density at radius 3 is 2.67 bits per heavy atom. The van der Waals surface area contributed by atoms with Crippen molar-refractivity contribution in [2.75, 3.05) is 69.3 Å². The molecular formula is C43H50F2N8O5. The van der Waals surface area contributed by atoms with E-state index in [4.69, 9.17) is 9.47 Å². The molecule has 0 aliphatic carbocycles. The summed E-state index contributed by atoms with van der Waals surface area (Å²) >= 11 is 0. The number of fused-ring (bicyclic) bond motifs is 6. The average Bonchev–Trinajstić information content (AvgIpc) is 3.59. The number of benzene rings is 2. The van der Waals surface area contributed by atoms with Gasteiger partial charge in [0.1, 0.15) is 29.8 Å². The smallest absolute Gasteiger partial charge is 0.270 e. The first kappa shape index (κ1) is 38.2. The van der Waals surface area contributed by atoms with E-state index >= 15 is 0 Å². The summed E-state index contributed by atoms with van der Waals surface area (Å²) < 4.78 is 40.2. The van der Waals surface area contributed by atoms with Gasteiger partial charge in [0.2, 0.25) is 17.7 Å². The molecule has 0 spiro atoms. The number of hydrogen-bond donors (Lipinski definition) is 3. The molecule has 0 radical (unpaired) electrons. The highest BCUT2D eigenvalue weighted by molar-refractivity contribution is 6.03. The number of pyridine rings is 1. The maximum Gasteiger partial charge on any atom is 0.270 e. The topological polar surface area (TPSA) is 135 Å². The molecule has 0 saturated carbocycles. The lowest BCUT2D eigenvalue weighted by Crippen LogP contribution is -2.58. The molecule has 3 amide bonds. The summed E-state index contributed by atoms with van der Waals surface area (Å²) in [5.74, 6) is 0.358. The summed E-state index contributed by atoms with van der Waals surface area (Å²) in [6.07, 6.45) is 0.797. The standard InChI is InChI=1S/C43H50F2N8O5/c1-25-19-31-29-5-3-4-6-32(29)46-39(31)40(53(25)23-37(44)45)30-8-7-27(20-36(30)57-2)51-15-13-26(14-16-51)21-50-17-18-52-28(22-50)24-58-43-35(52)11-9-34(48-43)41(55)47-33-10-12-38(54)49-42(33)56/h3-9,11,20,25-26,28,33,37,40,46H,10,12-19,21-24H2,1-2H3,(H,47,55)(H,49,54,56)/t25-,28+,33?,40-/m0/s1. The van der Waals surface area contributed by atoms with Gasteiger partial charge in [0, 0.05) is 85.6 Å². The molecule has 3 fully saturated rings. The predicted molar refractivity (Wildman–Crippen MR) is 215 cm³/mol. The monoisotopic (exact) mass is 796 g/mol. The number of ether oxygens (including phenoxy) is 2. The highest BCUT2D eigenvalue weighted by atomic mass is 19.3. The maximum absolute atomic E-state index is 14.0. The van der Waals surface area contributed by atoms with Gasteiger partial charge in [-0.15, -0.1) is 0 Å². The van der Waals surface area contributed by atoms with Crippen molar-refractivity contribution < 1.29 is 32.6 Å². The van der Waals surface area contributed by atoms with Crippen molar-refractivity contribution >= 4 is 40.0 Å². The number of methoxy groups -OCH3 is 1. The molecular weight excluding hydrogens is 747 g/mol. The van der Waals surface area contributed by atoms with Crippen molar-refractivity contribution in [3.05, 3.63) is 77.1 Å². The van der Waals surface area contributed by atoms with Gasteiger partial charge in [0.25, 0.3) is 12.3 Å². The van der Waals surface area contributed by atoms with Gasteiger partial charge in [0.15, 0.2) is 0 Å². The van der Waals surface area contributed by atoms with Crippen LogP contribution in [0.25, 0.3) is 10.9 Å². The first-order valence-corrected chi connectivity index (χ1v) is 20.5. The maximum atomic E-state index is 14.0. The zero-order chi connectivity index (χ0) is 40.1. The van der Waals surface area contributed by atoms with Crippen LogP contribution < -0.4 is 29.9 Å². The number of piperidine rings is 2. The largest absolute Gasteiger partial charge is 0.496 e. The van der Waals surface area contributed by atoms with Gasteiger partial charge >= 0.3 is 0 Å². The molecule has 3 N–H and O–H groups in total. The lowest BCUT2D eigenvalue weighted by molar-refractivity contribution is -0.134. The van der Waals surface area contributed by atoms with Crippen LogP contribution in [-0.2, 0) is 16.0 Å². The van der Waals surface area contributed by atoms with Gasteiger partial charge in [-0.2, -0.15) is 0 Å². The summed E-state index contributed by atoms with van der Waals surface area (Å²) in [5, 5.41) is 6.09. The van der Waals surface area contributed by atoms with Crippen molar-refractivity contribution in [3.63, 3.8) is 0 Å². The molecule has 9 rings (SSSR count). The fourth-order valence-corrected chi connectivity index (χ4v) is 9.82. The van der Waals surface area contributed by atoms with Gasteiger partial charge in [-0.3, -0.25) is 29.5 Å². The summed E-state index contributed by atoms with van der Waals surface area (Å²) in [6.45, 7) is 7.64. The van der Waals surface area contributed by atoms with Gasteiger partial charge in [-0.05, 0) is 68.4 Å². The second-order valence-corrected chi connectivity index (χ2v) is 16.4. The van der Waals surface area contributed by atoms with Crippen LogP contribution in [0.3, 0.4) is 0 Å². The Kier molecular flexibility index (Phi) is 10.4. The first-order valence-electron chi connectivity index (χ1n) is 20.5. The number of aromatic amines is 1. The van der Waals surface area contributed by atoms with E-state index in [1.807, 2.05) is 36.1 Å². The van der Waals surface area contributed by atoms with Crippen LogP contribution in [0.4, 0.5) is 20.2 Å². The molecule has 7 heterocycles. The van der Waals surface area contributed by atoms with Crippen LogP contribution in [0, 0.1) is 5.92 Å². The van der Waals surface area contributed by atoms with E-state index in [0.717, 1.165) is 85.6 Å². The number of nitrogens with one attached hydrogen (secondary N) is 3. The van der Waals surface area contributed by atoms with Crippen molar-refractivity contribution in [2.45, 2.75) is 69.6 Å². The molecule has 15 heteroatoms. The zero-order valence-electron chi connectivity index (χ0n) is 32.9. The third-order valence-electron chi connectivity index (χ3n) is 12.8. The molecule has 306 valence electrons. The third-order valence-corrected chi connectivity index (χ3v) is 12.8. The fourth-order valence-electron chi connectivity index (χ4n) is 9.82. The van der Waals surface area contributed by atoms with E-state index in [0.29, 0.717) is 30.6 Å². The highest BCUT2D eigenvalue weighted by Gasteiger charge is 2.39. The van der Waals surface area contributed by atoms with Crippen LogP contribution in [0.2, 0.25) is 0 Å². The van der Waals surface area contributed by atoms with Crippen LogP contribution >= 0.6 is 0 Å². The Labute approximate surface area is 336 Å². The quantitative estimate of drug-likeness (QED) is 0.208. The van der Waals surface area contributed by atoms with E-state index in [1.165, 1.54) is 5.56 Å². The van der Waals surface area contributed by atoms with Crippen LogP contribution in [0.5, 0.6) is 11.6 Å². The number of rotatable bonds is 9. The van der Waals surface area contributed by atoms with E-state index in [2.05, 4.69) is 59.6 Å². The SMILES string of the molecule is COc1cc(N2CCC(CN3CCN4c5ccc(C(=O)NC6CCC(=O)NC6=O)nc5OC[C@H]4C3)CC2)ccc1[C@H]1c2[nH]c3ccccc3c2C[C@H](C)N1CC(F)F. The van der Waals surface area contributed by atoms with Gasteiger partial charge < -0.3 is 29.6 Å². The van der Waals surface area contributed by atoms with Gasteiger partial charge in [-0.25, -0.2) is 13.8 Å². The Bertz CT molecular complexity index is 2210. The van der Waals surface area contributed by atoms with Crippen molar-refractivity contribution in [1.82, 2.24) is 30.4 Å². The lowest BCUT2D eigenvalue weighted by Gasteiger charge is -2.46. The second-order valence-electron chi connectivity index (χ2n) is 16.4. The fraction of sp³-hybridized carbons (Fsp3) is 0.488. The molecule has 4 aromatic rings. The normalized spacial score (nSPS) is 24.2. The minimum absolute atomic E-state index is 0.0709. The number of aromatic nitrogens is 2. The molecule has 3 saturated heterocycles. The summed E-state index contributed by atoms with van der Waals surface area (Å²) in [6, 6.07) is 16.9. The number of piperazine rings is 1. The minimum atomic E-state index is -2.46. The molecule has 4 atom stereocenters. The lowest BCUT2D eigenvalue weighted by atomic mass is 9.88. The first-order chi connectivity index (χ1) is 28.1. The number of para-hydroxylation sites is 1. The predicted octanol–water partition coefficient (Wildman–Crippen LogP) is 4.51. The minimum Gasteiger partial charge on any atom is -0.496 e. The Hall–Kier alpha value is -5.28. The average molecular weight is 797 g/mol. The molecule has 0 bridgehead atoms. The van der Waals surface area contributed by atoms with Crippen LogP contribution in [0.15, 0.2) is 54.6 Å². The number of amides is 3. The number of carbonyl (C=O) groups excluding carboxylic acids is 3. The summed E-state index contributed by atoms with van der Waals surface area (Å²) in [4.78, 5) is 53.8. The van der Waals surface area contributed by atoms with Crippen molar-refractivity contribution in [2.24, 2.45) is 5.92 Å².